The quantitative estimate of drug-likeness (QED) is 0.734. The Labute approximate surface area is 99.2 Å². The van der Waals surface area contributed by atoms with Crippen molar-refractivity contribution in [3.8, 4) is 0 Å². The Kier molecular flexibility index (Phi) is 3.82. The van der Waals surface area contributed by atoms with Gasteiger partial charge in [0.1, 0.15) is 11.5 Å². The van der Waals surface area contributed by atoms with Crippen LogP contribution in [0.5, 0.6) is 0 Å². The topological polar surface area (TPSA) is 53.2 Å². The number of thioether (sulfide) groups is 1. The van der Waals surface area contributed by atoms with Crippen molar-refractivity contribution in [2.75, 3.05) is 5.75 Å². The first-order valence-electron chi connectivity index (χ1n) is 5.29. The molecule has 1 fully saturated rings. The van der Waals surface area contributed by atoms with Gasteiger partial charge >= 0.3 is 0 Å². The minimum atomic E-state index is -0.310. The van der Waals surface area contributed by atoms with Gasteiger partial charge in [-0.25, -0.2) is 10.9 Å². The molecule has 4 nitrogen and oxygen atoms in total. The van der Waals surface area contributed by atoms with E-state index in [0.717, 1.165) is 11.3 Å². The predicted molar refractivity (Wildman–Crippen MR) is 65.5 cm³/mol. The molecule has 0 aliphatic carbocycles. The molecule has 0 saturated carbocycles. The van der Waals surface area contributed by atoms with E-state index in [1.54, 1.807) is 11.8 Å². The summed E-state index contributed by atoms with van der Waals surface area (Å²) >= 11 is 1.65. The summed E-state index contributed by atoms with van der Waals surface area (Å²) in [4.78, 5) is 11.9. The van der Waals surface area contributed by atoms with Gasteiger partial charge in [0.15, 0.2) is 0 Å². The first-order valence-corrected chi connectivity index (χ1v) is 6.34. The van der Waals surface area contributed by atoms with Gasteiger partial charge in [-0.3, -0.25) is 4.79 Å². The summed E-state index contributed by atoms with van der Waals surface area (Å²) in [5, 5.41) is 2.92. The highest BCUT2D eigenvalue weighted by Crippen LogP contribution is 2.16. The van der Waals surface area contributed by atoms with Crippen LogP contribution in [0.4, 0.5) is 0 Å². The fourth-order valence-electron chi connectivity index (χ4n) is 1.60. The summed E-state index contributed by atoms with van der Waals surface area (Å²) in [5.41, 5.74) is 7.04. The van der Waals surface area contributed by atoms with Crippen LogP contribution < -0.4 is 16.2 Å². The third-order valence-corrected chi connectivity index (χ3v) is 3.26. The Morgan fingerprint density at radius 1 is 1.25 bits per heavy atom. The van der Waals surface area contributed by atoms with E-state index in [-0.39, 0.29) is 17.4 Å². The number of rotatable bonds is 3. The number of nitrogens with one attached hydrogen (secondary N) is 3. The van der Waals surface area contributed by atoms with Crippen LogP contribution in [0.1, 0.15) is 18.5 Å². The molecule has 0 spiro atoms. The van der Waals surface area contributed by atoms with Gasteiger partial charge in [0.2, 0.25) is 5.91 Å². The van der Waals surface area contributed by atoms with Gasteiger partial charge in [0.05, 0.1) is 0 Å². The molecular weight excluding hydrogens is 222 g/mol. The molecule has 0 aromatic heterocycles. The number of carbonyl (C=O) groups is 1. The lowest BCUT2D eigenvalue weighted by Crippen LogP contribution is -2.60. The Hall–Kier alpha value is -1.04. The summed E-state index contributed by atoms with van der Waals surface area (Å²) in [5.74, 6) is 0.964. The largest absolute Gasteiger partial charge is 0.329 e. The van der Waals surface area contributed by atoms with Crippen molar-refractivity contribution in [2.45, 2.75) is 18.5 Å². The monoisotopic (exact) mass is 237 g/mol. The molecule has 2 unspecified atom stereocenters. The maximum Gasteiger partial charge on any atom is 0.244 e. The van der Waals surface area contributed by atoms with Gasteiger partial charge in [0.25, 0.3) is 0 Å². The van der Waals surface area contributed by atoms with Crippen molar-refractivity contribution in [3.63, 3.8) is 0 Å². The fraction of sp³-hybridized carbons (Fsp3) is 0.364. The van der Waals surface area contributed by atoms with Crippen LogP contribution >= 0.6 is 11.8 Å². The fourth-order valence-corrected chi connectivity index (χ4v) is 2.29. The second kappa shape index (κ2) is 5.34. The lowest BCUT2D eigenvalue weighted by Gasteiger charge is -2.30. The summed E-state index contributed by atoms with van der Waals surface area (Å²) in [6, 6.07) is 9.36. The maximum atomic E-state index is 11.9. The highest BCUT2D eigenvalue weighted by Gasteiger charge is 2.27. The minimum Gasteiger partial charge on any atom is -0.329 e. The van der Waals surface area contributed by atoms with Crippen molar-refractivity contribution in [1.82, 2.24) is 16.2 Å². The molecule has 0 bridgehead atoms. The first kappa shape index (κ1) is 11.4. The molecule has 1 aliphatic heterocycles. The lowest BCUT2D eigenvalue weighted by molar-refractivity contribution is -0.125. The van der Waals surface area contributed by atoms with Crippen LogP contribution in [0.25, 0.3) is 0 Å². The van der Waals surface area contributed by atoms with E-state index in [0.29, 0.717) is 0 Å². The smallest absolute Gasteiger partial charge is 0.244 e. The van der Waals surface area contributed by atoms with Crippen LogP contribution in [0, 0.1) is 0 Å². The van der Waals surface area contributed by atoms with Crippen LogP contribution in [0.15, 0.2) is 30.3 Å². The van der Waals surface area contributed by atoms with Gasteiger partial charge in [-0.2, -0.15) is 0 Å². The molecule has 1 aromatic carbocycles. The second-order valence-corrected chi connectivity index (χ2v) is 4.86. The first-order chi connectivity index (χ1) is 7.81. The number of amides is 1. The molecule has 2 atom stereocenters. The van der Waals surface area contributed by atoms with E-state index in [1.807, 2.05) is 30.3 Å². The molecule has 86 valence electrons. The standard InChI is InChI=1S/C11H15N3OS/c1-2-16-11-12-10(15)9(13-14-11)8-6-4-3-5-7-8/h3-7,9,11,13-14H,2H2,1H3,(H,12,15). The average Bonchev–Trinajstić information content (AvgIpc) is 2.31. The van der Waals surface area contributed by atoms with Gasteiger partial charge in [-0.05, 0) is 11.3 Å². The summed E-state index contributed by atoms with van der Waals surface area (Å²) < 4.78 is 0. The van der Waals surface area contributed by atoms with E-state index < -0.39 is 0 Å². The van der Waals surface area contributed by atoms with E-state index >= 15 is 0 Å². The Bertz CT molecular complexity index is 358. The molecule has 1 aliphatic rings. The highest BCUT2D eigenvalue weighted by atomic mass is 32.2. The predicted octanol–water partition coefficient (Wildman–Crippen LogP) is 0.988. The van der Waals surface area contributed by atoms with Crippen LogP contribution in [0.2, 0.25) is 0 Å². The van der Waals surface area contributed by atoms with E-state index in [9.17, 15) is 4.79 Å². The summed E-state index contributed by atoms with van der Waals surface area (Å²) in [6.45, 7) is 2.06. The summed E-state index contributed by atoms with van der Waals surface area (Å²) in [6.07, 6.45) is 0. The second-order valence-electron chi connectivity index (χ2n) is 3.48. The van der Waals surface area contributed by atoms with E-state index in [2.05, 4.69) is 23.1 Å². The van der Waals surface area contributed by atoms with Crippen molar-refractivity contribution < 1.29 is 4.79 Å². The minimum absolute atomic E-state index is 0.0101. The van der Waals surface area contributed by atoms with E-state index in [1.165, 1.54) is 0 Å². The molecule has 16 heavy (non-hydrogen) atoms. The number of benzene rings is 1. The van der Waals surface area contributed by atoms with Crippen LogP contribution in [-0.2, 0) is 4.79 Å². The molecule has 3 N–H and O–H groups in total. The molecule has 0 radical (unpaired) electrons. The molecule has 1 amide bonds. The van der Waals surface area contributed by atoms with Crippen LogP contribution in [-0.4, -0.2) is 17.2 Å². The number of hydrogen-bond acceptors (Lipinski definition) is 4. The Morgan fingerprint density at radius 2 is 2.00 bits per heavy atom. The highest BCUT2D eigenvalue weighted by molar-refractivity contribution is 7.99. The molecule has 1 aromatic rings. The van der Waals surface area contributed by atoms with Crippen LogP contribution in [0.3, 0.4) is 0 Å². The molecule has 5 heteroatoms. The third-order valence-electron chi connectivity index (χ3n) is 2.36. The van der Waals surface area contributed by atoms with Crippen molar-refractivity contribution >= 4 is 17.7 Å². The number of carbonyl (C=O) groups excluding carboxylic acids is 1. The number of hydrogen-bond donors (Lipinski definition) is 3. The van der Waals surface area contributed by atoms with Crippen molar-refractivity contribution in [2.24, 2.45) is 0 Å². The Morgan fingerprint density at radius 3 is 2.62 bits per heavy atom. The van der Waals surface area contributed by atoms with Gasteiger partial charge in [0, 0.05) is 0 Å². The zero-order chi connectivity index (χ0) is 11.4. The molecular formula is C11H15N3OS. The number of hydrazine groups is 1. The maximum absolute atomic E-state index is 11.9. The van der Waals surface area contributed by atoms with Crippen molar-refractivity contribution in [3.05, 3.63) is 35.9 Å². The molecule has 1 saturated heterocycles. The summed E-state index contributed by atoms with van der Waals surface area (Å²) in [7, 11) is 0. The van der Waals surface area contributed by atoms with Crippen molar-refractivity contribution in [1.29, 1.82) is 0 Å². The zero-order valence-corrected chi connectivity index (χ0v) is 9.88. The Balaban J connectivity index is 2.02. The van der Waals surface area contributed by atoms with Gasteiger partial charge < -0.3 is 5.32 Å². The third kappa shape index (κ3) is 2.55. The zero-order valence-electron chi connectivity index (χ0n) is 9.07. The normalized spacial score (nSPS) is 25.2. The van der Waals surface area contributed by atoms with Gasteiger partial charge in [-0.15, -0.1) is 11.8 Å². The SMILES string of the molecule is CCSC1NNC(c2ccccc2)C(=O)N1. The lowest BCUT2D eigenvalue weighted by atomic mass is 10.1. The van der Waals surface area contributed by atoms with E-state index in [4.69, 9.17) is 0 Å². The van der Waals surface area contributed by atoms with Gasteiger partial charge in [-0.1, -0.05) is 37.3 Å². The molecule has 1 heterocycles. The average molecular weight is 237 g/mol. The molecule has 2 rings (SSSR count).